The van der Waals surface area contributed by atoms with Gasteiger partial charge in [0.25, 0.3) is 0 Å². The van der Waals surface area contributed by atoms with Gasteiger partial charge in [-0.1, -0.05) is 49.9 Å². The average molecular weight is 368 g/mol. The van der Waals surface area contributed by atoms with Gasteiger partial charge in [-0.05, 0) is 36.5 Å². The third-order valence-electron chi connectivity index (χ3n) is 4.49. The molecule has 1 aliphatic rings. The van der Waals surface area contributed by atoms with Gasteiger partial charge in [0.1, 0.15) is 13.2 Å². The molecule has 0 radical (unpaired) electrons. The van der Waals surface area contributed by atoms with E-state index in [2.05, 4.69) is 5.32 Å². The second-order valence-electron chi connectivity index (χ2n) is 6.47. The van der Waals surface area contributed by atoms with Gasteiger partial charge in [0.15, 0.2) is 0 Å². The molecule has 1 aromatic rings. The van der Waals surface area contributed by atoms with Crippen molar-refractivity contribution >= 4 is 23.7 Å². The van der Waals surface area contributed by atoms with Crippen LogP contribution in [0.25, 0.3) is 0 Å². The summed E-state index contributed by atoms with van der Waals surface area (Å²) >= 11 is 5.86. The fourth-order valence-electron chi connectivity index (χ4n) is 2.93. The third kappa shape index (κ3) is 6.94. The summed E-state index contributed by atoms with van der Waals surface area (Å²) in [5.41, 5.74) is 1.09. The topological polar surface area (TPSA) is 64.6 Å². The maximum Gasteiger partial charge on any atom is 0.407 e. The molecule has 25 heavy (non-hydrogen) atoms. The zero-order valence-electron chi connectivity index (χ0n) is 14.6. The minimum atomic E-state index is -0.505. The molecule has 1 fully saturated rings. The number of halogens is 1. The van der Waals surface area contributed by atoms with Crippen molar-refractivity contribution in [2.45, 2.75) is 44.9 Å². The fraction of sp³-hybridized carbons (Fsp3) is 0.579. The predicted molar refractivity (Wildman–Crippen MR) is 96.8 cm³/mol. The molecule has 0 aromatic heterocycles. The molecule has 0 heterocycles. The summed E-state index contributed by atoms with van der Waals surface area (Å²) in [5, 5.41) is 3.40. The van der Waals surface area contributed by atoms with Gasteiger partial charge in [-0.3, -0.25) is 4.79 Å². The Hall–Kier alpha value is -1.75. The number of amides is 1. The maximum absolute atomic E-state index is 11.9. The Kier molecular flexibility index (Phi) is 8.06. The van der Waals surface area contributed by atoms with Crippen LogP contribution in [-0.2, 0) is 14.3 Å². The standard InChI is InChI=1S/C19H26ClNO4/c1-14(15-7-9-17(20)10-8-15)13-21-19(23)25-12-11-24-18(22)16-5-3-2-4-6-16/h7-10,14,16H,2-6,11-13H2,1H3,(H,21,23)/t14-/m1/s1. The summed E-state index contributed by atoms with van der Waals surface area (Å²) in [6, 6.07) is 7.52. The highest BCUT2D eigenvalue weighted by molar-refractivity contribution is 6.30. The highest BCUT2D eigenvalue weighted by atomic mass is 35.5. The van der Waals surface area contributed by atoms with Crippen molar-refractivity contribution in [1.82, 2.24) is 5.32 Å². The Bertz CT molecular complexity index is 555. The SMILES string of the molecule is C[C@H](CNC(=O)OCCOC(=O)C1CCCCC1)c1ccc(Cl)cc1. The van der Waals surface area contributed by atoms with E-state index >= 15 is 0 Å². The Morgan fingerprint density at radius 3 is 2.44 bits per heavy atom. The monoisotopic (exact) mass is 367 g/mol. The number of ether oxygens (including phenoxy) is 2. The van der Waals surface area contributed by atoms with Crippen molar-refractivity contribution in [2.24, 2.45) is 5.92 Å². The van der Waals surface area contributed by atoms with Gasteiger partial charge in [-0.2, -0.15) is 0 Å². The molecule has 0 spiro atoms. The normalized spacial score (nSPS) is 16.1. The first kappa shape index (κ1) is 19.6. The van der Waals surface area contributed by atoms with Crippen LogP contribution >= 0.6 is 11.6 Å². The van der Waals surface area contributed by atoms with Gasteiger partial charge in [0.2, 0.25) is 0 Å². The molecule has 0 saturated heterocycles. The zero-order chi connectivity index (χ0) is 18.1. The van der Waals surface area contributed by atoms with Crippen molar-refractivity contribution < 1.29 is 19.1 Å². The summed E-state index contributed by atoms with van der Waals surface area (Å²) < 4.78 is 10.2. The first-order chi connectivity index (χ1) is 12.1. The third-order valence-corrected chi connectivity index (χ3v) is 4.74. The van der Waals surface area contributed by atoms with Crippen LogP contribution in [0.4, 0.5) is 4.79 Å². The molecule has 1 N–H and O–H groups in total. The van der Waals surface area contributed by atoms with Gasteiger partial charge in [0.05, 0.1) is 5.92 Å². The van der Waals surface area contributed by atoms with E-state index in [9.17, 15) is 9.59 Å². The number of alkyl carbamates (subject to hydrolysis) is 1. The molecular formula is C19H26ClNO4. The fourth-order valence-corrected chi connectivity index (χ4v) is 3.06. The molecule has 0 aliphatic heterocycles. The van der Waals surface area contributed by atoms with E-state index in [1.807, 2.05) is 31.2 Å². The van der Waals surface area contributed by atoms with Crippen molar-refractivity contribution in [3.8, 4) is 0 Å². The van der Waals surface area contributed by atoms with Crippen molar-refractivity contribution in [1.29, 1.82) is 0 Å². The lowest BCUT2D eigenvalue weighted by molar-refractivity contribution is -0.150. The van der Waals surface area contributed by atoms with Gasteiger partial charge < -0.3 is 14.8 Å². The summed E-state index contributed by atoms with van der Waals surface area (Å²) in [5.74, 6) is -0.00295. The second-order valence-corrected chi connectivity index (χ2v) is 6.91. The van der Waals surface area contributed by atoms with E-state index in [4.69, 9.17) is 21.1 Å². The van der Waals surface area contributed by atoms with E-state index in [1.54, 1.807) is 0 Å². The number of esters is 1. The van der Waals surface area contributed by atoms with Crippen LogP contribution in [0, 0.1) is 5.92 Å². The quantitative estimate of drug-likeness (QED) is 0.576. The minimum Gasteiger partial charge on any atom is -0.462 e. The lowest BCUT2D eigenvalue weighted by atomic mass is 9.89. The van der Waals surface area contributed by atoms with Crippen LogP contribution in [0.5, 0.6) is 0 Å². The lowest BCUT2D eigenvalue weighted by Crippen LogP contribution is -2.29. The largest absolute Gasteiger partial charge is 0.462 e. The molecule has 5 nitrogen and oxygen atoms in total. The molecule has 1 amide bonds. The average Bonchev–Trinajstić information content (AvgIpc) is 2.64. The number of benzene rings is 1. The molecule has 6 heteroatoms. The molecular weight excluding hydrogens is 342 g/mol. The Morgan fingerprint density at radius 1 is 1.12 bits per heavy atom. The highest BCUT2D eigenvalue weighted by Gasteiger charge is 2.22. The number of rotatable bonds is 7. The smallest absolute Gasteiger partial charge is 0.407 e. The van der Waals surface area contributed by atoms with E-state index in [0.29, 0.717) is 11.6 Å². The van der Waals surface area contributed by atoms with Crippen LogP contribution in [0.2, 0.25) is 5.02 Å². The summed E-state index contributed by atoms with van der Waals surface area (Å²) in [6.07, 6.45) is 4.68. The van der Waals surface area contributed by atoms with E-state index in [1.165, 1.54) is 6.42 Å². The van der Waals surface area contributed by atoms with Gasteiger partial charge in [-0.25, -0.2) is 4.79 Å². The van der Waals surface area contributed by atoms with Crippen LogP contribution in [0.3, 0.4) is 0 Å². The molecule has 0 unspecified atom stereocenters. The first-order valence-electron chi connectivity index (χ1n) is 8.89. The number of hydrogen-bond acceptors (Lipinski definition) is 4. The number of carbonyl (C=O) groups is 2. The maximum atomic E-state index is 11.9. The molecule has 1 aliphatic carbocycles. The number of carbonyl (C=O) groups excluding carboxylic acids is 2. The van der Waals surface area contributed by atoms with Crippen molar-refractivity contribution in [2.75, 3.05) is 19.8 Å². The van der Waals surface area contributed by atoms with Crippen molar-refractivity contribution in [3.63, 3.8) is 0 Å². The molecule has 1 saturated carbocycles. The van der Waals surface area contributed by atoms with Gasteiger partial charge >= 0.3 is 12.1 Å². The van der Waals surface area contributed by atoms with Crippen LogP contribution < -0.4 is 5.32 Å². The first-order valence-corrected chi connectivity index (χ1v) is 9.27. The summed E-state index contributed by atoms with van der Waals surface area (Å²) in [7, 11) is 0. The second kappa shape index (κ2) is 10.3. The molecule has 1 aromatic carbocycles. The van der Waals surface area contributed by atoms with Crippen LogP contribution in [0.15, 0.2) is 24.3 Å². The number of hydrogen-bond donors (Lipinski definition) is 1. The van der Waals surface area contributed by atoms with E-state index < -0.39 is 6.09 Å². The molecule has 2 rings (SSSR count). The van der Waals surface area contributed by atoms with E-state index in [0.717, 1.165) is 31.2 Å². The van der Waals surface area contributed by atoms with Gasteiger partial charge in [0, 0.05) is 11.6 Å². The Morgan fingerprint density at radius 2 is 1.76 bits per heavy atom. The summed E-state index contributed by atoms with van der Waals surface area (Å²) in [4.78, 5) is 23.5. The Labute approximate surface area is 154 Å². The molecule has 138 valence electrons. The highest BCUT2D eigenvalue weighted by Crippen LogP contribution is 2.24. The minimum absolute atomic E-state index is 0.0165. The Balaban J connectivity index is 1.57. The van der Waals surface area contributed by atoms with Gasteiger partial charge in [-0.15, -0.1) is 0 Å². The molecule has 1 atom stereocenters. The van der Waals surface area contributed by atoms with E-state index in [-0.39, 0.29) is 31.0 Å². The van der Waals surface area contributed by atoms with Crippen LogP contribution in [0.1, 0.15) is 50.5 Å². The predicted octanol–water partition coefficient (Wildman–Crippen LogP) is 4.29. The van der Waals surface area contributed by atoms with Crippen molar-refractivity contribution in [3.05, 3.63) is 34.9 Å². The zero-order valence-corrected chi connectivity index (χ0v) is 15.4. The number of nitrogens with one attached hydrogen (secondary N) is 1. The van der Waals surface area contributed by atoms with Crippen LogP contribution in [-0.4, -0.2) is 31.8 Å². The lowest BCUT2D eigenvalue weighted by Gasteiger charge is -2.19. The summed E-state index contributed by atoms with van der Waals surface area (Å²) in [6.45, 7) is 2.65. The molecule has 0 bridgehead atoms.